The van der Waals surface area contributed by atoms with Crippen molar-refractivity contribution in [1.82, 2.24) is 5.32 Å². The molecule has 2 rings (SSSR count). The van der Waals surface area contributed by atoms with Crippen molar-refractivity contribution in [3.8, 4) is 10.4 Å². The van der Waals surface area contributed by atoms with Gasteiger partial charge in [-0.3, -0.25) is 0 Å². The maximum atomic E-state index is 11.9. The number of nitrogens with one attached hydrogen (secondary N) is 1. The van der Waals surface area contributed by atoms with Gasteiger partial charge in [0.15, 0.2) is 0 Å². The summed E-state index contributed by atoms with van der Waals surface area (Å²) in [7, 11) is 0. The first kappa shape index (κ1) is 15.4. The van der Waals surface area contributed by atoms with Crippen LogP contribution in [0.2, 0.25) is 0 Å². The highest BCUT2D eigenvalue weighted by Gasteiger charge is 2.27. The van der Waals surface area contributed by atoms with Crippen molar-refractivity contribution < 1.29 is 13.2 Å². The summed E-state index contributed by atoms with van der Waals surface area (Å²) in [5.41, 5.74) is -2.97. The van der Waals surface area contributed by atoms with Gasteiger partial charge in [-0.25, -0.2) is 0 Å². The van der Waals surface area contributed by atoms with Gasteiger partial charge >= 0.3 is 5.51 Å². The molecule has 20 heavy (non-hydrogen) atoms. The quantitative estimate of drug-likeness (QED) is 0.771. The fourth-order valence-corrected chi connectivity index (χ4v) is 3.14. The van der Waals surface area contributed by atoms with E-state index in [1.165, 1.54) is 4.88 Å². The van der Waals surface area contributed by atoms with E-state index in [4.69, 9.17) is 0 Å². The largest absolute Gasteiger partial charge is 0.441 e. The summed E-state index contributed by atoms with van der Waals surface area (Å²) in [6.07, 6.45) is 0. The normalized spacial score (nSPS) is 11.8. The zero-order valence-corrected chi connectivity index (χ0v) is 12.2. The fraction of sp³-hybridized carbons (Fsp3) is 0.286. The van der Waals surface area contributed by atoms with Crippen LogP contribution in [0.1, 0.15) is 4.88 Å². The number of hydrogen-bond acceptors (Lipinski definition) is 3. The molecule has 0 fully saturated rings. The van der Waals surface area contributed by atoms with Gasteiger partial charge in [0, 0.05) is 28.6 Å². The average molecular weight is 317 g/mol. The SMILES string of the molecule is FC(F)(F)SCCNCc1ccc(-c2ccccc2)s1. The number of thiophene rings is 1. The van der Waals surface area contributed by atoms with Gasteiger partial charge in [-0.05, 0) is 29.5 Å². The molecule has 0 atom stereocenters. The molecule has 2 aromatic rings. The maximum Gasteiger partial charge on any atom is 0.441 e. The summed E-state index contributed by atoms with van der Waals surface area (Å²) >= 11 is 1.67. The van der Waals surface area contributed by atoms with Crippen molar-refractivity contribution in [3.05, 3.63) is 47.3 Å². The van der Waals surface area contributed by atoms with E-state index in [-0.39, 0.29) is 17.5 Å². The number of halogens is 3. The lowest BCUT2D eigenvalue weighted by molar-refractivity contribution is -0.0327. The molecule has 0 aliphatic rings. The van der Waals surface area contributed by atoms with Gasteiger partial charge in [0.1, 0.15) is 0 Å². The molecule has 0 aliphatic heterocycles. The second kappa shape index (κ2) is 7.15. The molecular weight excluding hydrogens is 303 g/mol. The van der Waals surface area contributed by atoms with Crippen LogP contribution in [-0.4, -0.2) is 17.8 Å². The van der Waals surface area contributed by atoms with Crippen LogP contribution in [0.15, 0.2) is 42.5 Å². The molecule has 0 saturated heterocycles. The Balaban J connectivity index is 1.76. The van der Waals surface area contributed by atoms with Crippen molar-refractivity contribution in [2.75, 3.05) is 12.3 Å². The Morgan fingerprint density at radius 1 is 1.05 bits per heavy atom. The lowest BCUT2D eigenvalue weighted by Gasteiger charge is -2.05. The minimum Gasteiger partial charge on any atom is -0.311 e. The smallest absolute Gasteiger partial charge is 0.311 e. The predicted molar refractivity (Wildman–Crippen MR) is 80.0 cm³/mol. The van der Waals surface area contributed by atoms with Gasteiger partial charge in [-0.15, -0.1) is 11.3 Å². The number of rotatable bonds is 6. The first-order valence-electron chi connectivity index (χ1n) is 6.10. The molecule has 108 valence electrons. The van der Waals surface area contributed by atoms with Gasteiger partial charge < -0.3 is 5.32 Å². The monoisotopic (exact) mass is 317 g/mol. The highest BCUT2D eigenvalue weighted by molar-refractivity contribution is 8.00. The van der Waals surface area contributed by atoms with E-state index in [0.717, 1.165) is 10.4 Å². The van der Waals surface area contributed by atoms with Crippen LogP contribution >= 0.6 is 23.1 Å². The molecule has 6 heteroatoms. The van der Waals surface area contributed by atoms with Crippen molar-refractivity contribution in [1.29, 1.82) is 0 Å². The van der Waals surface area contributed by atoms with E-state index >= 15 is 0 Å². The van der Waals surface area contributed by atoms with E-state index < -0.39 is 5.51 Å². The van der Waals surface area contributed by atoms with Crippen LogP contribution in [0, 0.1) is 0 Å². The highest BCUT2D eigenvalue weighted by Crippen LogP contribution is 2.30. The van der Waals surface area contributed by atoms with E-state index in [0.29, 0.717) is 13.1 Å². The third-order valence-electron chi connectivity index (χ3n) is 2.56. The van der Waals surface area contributed by atoms with E-state index in [2.05, 4.69) is 5.32 Å². The second-order valence-corrected chi connectivity index (χ2v) is 6.43. The van der Waals surface area contributed by atoms with E-state index in [1.54, 1.807) is 11.3 Å². The molecule has 1 aromatic heterocycles. The first-order chi connectivity index (χ1) is 9.54. The van der Waals surface area contributed by atoms with Crippen molar-refractivity contribution in [3.63, 3.8) is 0 Å². The highest BCUT2D eigenvalue weighted by atomic mass is 32.2. The fourth-order valence-electron chi connectivity index (χ4n) is 1.68. The molecule has 0 radical (unpaired) electrons. The number of hydrogen-bond donors (Lipinski definition) is 1. The Labute approximate surface area is 124 Å². The summed E-state index contributed by atoms with van der Waals surface area (Å²) in [6.45, 7) is 0.957. The van der Waals surface area contributed by atoms with Crippen LogP contribution in [-0.2, 0) is 6.54 Å². The van der Waals surface area contributed by atoms with Gasteiger partial charge in [-0.1, -0.05) is 30.3 Å². The molecule has 0 saturated carbocycles. The number of alkyl halides is 3. The Morgan fingerprint density at radius 3 is 2.50 bits per heavy atom. The van der Waals surface area contributed by atoms with Crippen molar-refractivity contribution >= 4 is 23.1 Å². The third-order valence-corrected chi connectivity index (χ3v) is 4.43. The predicted octanol–water partition coefficient (Wildman–Crippen LogP) is 4.76. The topological polar surface area (TPSA) is 12.0 Å². The summed E-state index contributed by atoms with van der Waals surface area (Å²) in [5, 5.41) is 3.03. The average Bonchev–Trinajstić information content (AvgIpc) is 2.87. The molecule has 0 spiro atoms. The molecule has 1 heterocycles. The molecule has 1 N–H and O–H groups in total. The zero-order chi connectivity index (χ0) is 14.4. The molecule has 0 unspecified atom stereocenters. The van der Waals surface area contributed by atoms with E-state index in [1.807, 2.05) is 42.5 Å². The summed E-state index contributed by atoms with van der Waals surface area (Å²) in [4.78, 5) is 2.30. The Morgan fingerprint density at radius 2 is 1.80 bits per heavy atom. The molecular formula is C14H14F3NS2. The summed E-state index contributed by atoms with van der Waals surface area (Å²) in [6, 6.07) is 14.1. The van der Waals surface area contributed by atoms with Gasteiger partial charge in [-0.2, -0.15) is 13.2 Å². The Kier molecular flexibility index (Phi) is 5.51. The van der Waals surface area contributed by atoms with Gasteiger partial charge in [0.25, 0.3) is 0 Å². The minimum absolute atomic E-state index is 0.0117. The van der Waals surface area contributed by atoms with Gasteiger partial charge in [0.2, 0.25) is 0 Å². The van der Waals surface area contributed by atoms with Crippen LogP contribution in [0.5, 0.6) is 0 Å². The summed E-state index contributed by atoms with van der Waals surface area (Å²) in [5.74, 6) is 0.0421. The van der Waals surface area contributed by atoms with Crippen molar-refractivity contribution in [2.45, 2.75) is 12.1 Å². The minimum atomic E-state index is -4.13. The Bertz CT molecular complexity index is 523. The third kappa shape index (κ3) is 5.19. The Hall–Kier alpha value is -0.980. The van der Waals surface area contributed by atoms with Crippen LogP contribution in [0.4, 0.5) is 13.2 Å². The van der Waals surface area contributed by atoms with Crippen LogP contribution < -0.4 is 5.32 Å². The maximum absolute atomic E-state index is 11.9. The molecule has 0 aliphatic carbocycles. The molecule has 1 nitrogen and oxygen atoms in total. The van der Waals surface area contributed by atoms with E-state index in [9.17, 15) is 13.2 Å². The number of benzene rings is 1. The second-order valence-electron chi connectivity index (χ2n) is 4.10. The standard InChI is InChI=1S/C14H14F3NS2/c15-14(16,17)19-9-8-18-10-12-6-7-13(20-12)11-4-2-1-3-5-11/h1-7,18H,8-10H2. The van der Waals surface area contributed by atoms with Crippen LogP contribution in [0.3, 0.4) is 0 Å². The number of thioether (sulfide) groups is 1. The molecule has 0 bridgehead atoms. The summed E-state index contributed by atoms with van der Waals surface area (Å²) < 4.78 is 35.8. The lowest BCUT2D eigenvalue weighted by Crippen LogP contribution is -2.17. The lowest BCUT2D eigenvalue weighted by atomic mass is 10.2. The molecule has 1 aromatic carbocycles. The van der Waals surface area contributed by atoms with Crippen molar-refractivity contribution in [2.24, 2.45) is 0 Å². The first-order valence-corrected chi connectivity index (χ1v) is 7.90. The van der Waals surface area contributed by atoms with Crippen LogP contribution in [0.25, 0.3) is 10.4 Å². The van der Waals surface area contributed by atoms with Gasteiger partial charge in [0.05, 0.1) is 0 Å². The zero-order valence-electron chi connectivity index (χ0n) is 10.6. The molecule has 0 amide bonds.